The monoisotopic (exact) mass is 245 g/mol. The standard InChI is InChI=1S/C12H23NO4/c1-12(2)9-13(7-10(8-14)17-12)6-4-3-5-11(15)16/h10,14H,3-9H2,1-2H3,(H,15,16). The van der Waals surface area contributed by atoms with Crippen LogP contribution in [-0.4, -0.2) is 59.0 Å². The Labute approximate surface area is 102 Å². The lowest BCUT2D eigenvalue weighted by atomic mass is 10.0. The molecule has 0 bridgehead atoms. The maximum absolute atomic E-state index is 10.4. The van der Waals surface area contributed by atoms with Crippen LogP contribution in [0.5, 0.6) is 0 Å². The molecule has 0 saturated carbocycles. The predicted octanol–water partition coefficient (Wildman–Crippen LogP) is 0.713. The average molecular weight is 245 g/mol. The van der Waals surface area contributed by atoms with Crippen LogP contribution in [0.25, 0.3) is 0 Å². The highest BCUT2D eigenvalue weighted by molar-refractivity contribution is 5.66. The molecular weight excluding hydrogens is 222 g/mol. The van der Waals surface area contributed by atoms with Crippen LogP contribution in [0.3, 0.4) is 0 Å². The van der Waals surface area contributed by atoms with E-state index in [-0.39, 0.29) is 24.7 Å². The number of morpholine rings is 1. The van der Waals surface area contributed by atoms with Gasteiger partial charge in [0.15, 0.2) is 0 Å². The summed E-state index contributed by atoms with van der Waals surface area (Å²) in [5.74, 6) is -0.736. The molecule has 0 aromatic carbocycles. The highest BCUT2D eigenvalue weighted by atomic mass is 16.5. The van der Waals surface area contributed by atoms with Gasteiger partial charge in [0, 0.05) is 19.5 Å². The summed E-state index contributed by atoms with van der Waals surface area (Å²) in [5.41, 5.74) is -0.238. The Balaban J connectivity index is 2.29. The lowest BCUT2D eigenvalue weighted by Gasteiger charge is -2.42. The van der Waals surface area contributed by atoms with E-state index in [9.17, 15) is 4.79 Å². The molecule has 1 rings (SSSR count). The minimum absolute atomic E-state index is 0.0368. The normalized spacial score (nSPS) is 24.8. The lowest BCUT2D eigenvalue weighted by molar-refractivity contribution is -0.149. The third-order valence-corrected chi connectivity index (χ3v) is 2.87. The molecular formula is C12H23NO4. The van der Waals surface area contributed by atoms with Crippen LogP contribution in [0, 0.1) is 0 Å². The molecule has 1 heterocycles. The molecule has 100 valence electrons. The van der Waals surface area contributed by atoms with Gasteiger partial charge in [-0.05, 0) is 33.2 Å². The molecule has 1 saturated heterocycles. The molecule has 1 aliphatic rings. The topological polar surface area (TPSA) is 70.0 Å². The van der Waals surface area contributed by atoms with Gasteiger partial charge in [-0.3, -0.25) is 9.69 Å². The van der Waals surface area contributed by atoms with Crippen molar-refractivity contribution in [2.75, 3.05) is 26.2 Å². The molecule has 0 aliphatic carbocycles. The molecule has 5 nitrogen and oxygen atoms in total. The SMILES string of the molecule is CC1(C)CN(CCCCC(=O)O)CC(CO)O1. The van der Waals surface area contributed by atoms with Gasteiger partial charge in [0.25, 0.3) is 0 Å². The van der Waals surface area contributed by atoms with Crippen molar-refractivity contribution in [2.45, 2.75) is 44.8 Å². The molecule has 2 N–H and O–H groups in total. The molecule has 1 aliphatic heterocycles. The quantitative estimate of drug-likeness (QED) is 0.675. The van der Waals surface area contributed by atoms with Crippen molar-refractivity contribution in [1.29, 1.82) is 0 Å². The van der Waals surface area contributed by atoms with Gasteiger partial charge in [0.05, 0.1) is 18.3 Å². The highest BCUT2D eigenvalue weighted by Crippen LogP contribution is 2.21. The summed E-state index contributed by atoms with van der Waals surface area (Å²) in [7, 11) is 0. The fourth-order valence-electron chi connectivity index (χ4n) is 2.29. The Morgan fingerprint density at radius 3 is 2.76 bits per heavy atom. The first-order valence-electron chi connectivity index (χ1n) is 6.16. The number of hydrogen-bond acceptors (Lipinski definition) is 4. The van der Waals surface area contributed by atoms with Crippen LogP contribution >= 0.6 is 0 Å². The van der Waals surface area contributed by atoms with Gasteiger partial charge in [0.1, 0.15) is 0 Å². The summed E-state index contributed by atoms with van der Waals surface area (Å²) in [6.45, 7) is 6.49. The van der Waals surface area contributed by atoms with Gasteiger partial charge in [-0.2, -0.15) is 0 Å². The molecule has 0 aromatic rings. The Kier molecular flexibility index (Phi) is 5.36. The Hall–Kier alpha value is -0.650. The van der Waals surface area contributed by atoms with Gasteiger partial charge in [-0.1, -0.05) is 0 Å². The van der Waals surface area contributed by atoms with Crippen LogP contribution in [0.4, 0.5) is 0 Å². The Morgan fingerprint density at radius 2 is 2.18 bits per heavy atom. The molecule has 1 fully saturated rings. The second kappa shape index (κ2) is 6.33. The minimum Gasteiger partial charge on any atom is -0.481 e. The molecule has 17 heavy (non-hydrogen) atoms. The fourth-order valence-corrected chi connectivity index (χ4v) is 2.29. The van der Waals surface area contributed by atoms with Crippen LogP contribution < -0.4 is 0 Å². The van der Waals surface area contributed by atoms with Crippen molar-refractivity contribution >= 4 is 5.97 Å². The summed E-state index contributed by atoms with van der Waals surface area (Å²) in [6.07, 6.45) is 1.69. The van der Waals surface area contributed by atoms with E-state index in [2.05, 4.69) is 4.90 Å². The number of carboxylic acid groups (broad SMARTS) is 1. The lowest BCUT2D eigenvalue weighted by Crippen LogP contribution is -2.53. The van der Waals surface area contributed by atoms with Gasteiger partial charge in [-0.15, -0.1) is 0 Å². The summed E-state index contributed by atoms with van der Waals surface area (Å²) in [5, 5.41) is 17.7. The molecule has 5 heteroatoms. The fraction of sp³-hybridized carbons (Fsp3) is 0.917. The van der Waals surface area contributed by atoms with E-state index in [1.807, 2.05) is 13.8 Å². The van der Waals surface area contributed by atoms with E-state index in [1.54, 1.807) is 0 Å². The first-order chi connectivity index (χ1) is 7.93. The van der Waals surface area contributed by atoms with E-state index in [4.69, 9.17) is 14.9 Å². The molecule has 0 amide bonds. The van der Waals surface area contributed by atoms with Crippen LogP contribution in [0.15, 0.2) is 0 Å². The predicted molar refractivity (Wildman–Crippen MR) is 64.0 cm³/mol. The summed E-state index contributed by atoms with van der Waals surface area (Å²) in [4.78, 5) is 12.6. The number of hydrogen-bond donors (Lipinski definition) is 2. The number of rotatable bonds is 6. The first kappa shape index (κ1) is 14.4. The van der Waals surface area contributed by atoms with Crippen molar-refractivity contribution in [3.8, 4) is 0 Å². The minimum atomic E-state index is -0.736. The maximum Gasteiger partial charge on any atom is 0.303 e. The maximum atomic E-state index is 10.4. The third-order valence-electron chi connectivity index (χ3n) is 2.87. The smallest absolute Gasteiger partial charge is 0.303 e. The second-order valence-corrected chi connectivity index (χ2v) is 5.27. The third kappa shape index (κ3) is 5.48. The molecule has 1 unspecified atom stereocenters. The number of ether oxygens (including phenoxy) is 1. The zero-order valence-corrected chi connectivity index (χ0v) is 10.7. The molecule has 1 atom stereocenters. The van der Waals surface area contributed by atoms with E-state index < -0.39 is 5.97 Å². The van der Waals surface area contributed by atoms with Crippen molar-refractivity contribution in [3.05, 3.63) is 0 Å². The number of aliphatic hydroxyl groups excluding tert-OH is 1. The van der Waals surface area contributed by atoms with E-state index >= 15 is 0 Å². The number of aliphatic hydroxyl groups is 1. The van der Waals surface area contributed by atoms with Crippen molar-refractivity contribution in [1.82, 2.24) is 4.90 Å². The summed E-state index contributed by atoms with van der Waals surface area (Å²) >= 11 is 0. The zero-order chi connectivity index (χ0) is 12.9. The van der Waals surface area contributed by atoms with E-state index in [0.717, 1.165) is 26.1 Å². The van der Waals surface area contributed by atoms with Gasteiger partial charge in [0.2, 0.25) is 0 Å². The number of carboxylic acids is 1. The van der Waals surface area contributed by atoms with E-state index in [1.165, 1.54) is 0 Å². The molecule has 0 aromatic heterocycles. The second-order valence-electron chi connectivity index (χ2n) is 5.27. The number of carbonyl (C=O) groups is 1. The van der Waals surface area contributed by atoms with Crippen LogP contribution in [0.1, 0.15) is 33.1 Å². The van der Waals surface area contributed by atoms with Crippen LogP contribution in [0.2, 0.25) is 0 Å². The number of nitrogens with zero attached hydrogens (tertiary/aromatic N) is 1. The number of aliphatic carboxylic acids is 1. The van der Waals surface area contributed by atoms with E-state index in [0.29, 0.717) is 6.42 Å². The Bertz CT molecular complexity index is 255. The average Bonchev–Trinajstić information content (AvgIpc) is 2.22. The molecule has 0 spiro atoms. The highest BCUT2D eigenvalue weighted by Gasteiger charge is 2.32. The van der Waals surface area contributed by atoms with Gasteiger partial charge in [-0.25, -0.2) is 0 Å². The summed E-state index contributed by atoms with van der Waals surface area (Å²) < 4.78 is 5.71. The van der Waals surface area contributed by atoms with Crippen molar-refractivity contribution < 1.29 is 19.7 Å². The van der Waals surface area contributed by atoms with Crippen molar-refractivity contribution in [2.24, 2.45) is 0 Å². The summed E-state index contributed by atoms with van der Waals surface area (Å²) in [6, 6.07) is 0. The van der Waals surface area contributed by atoms with Crippen LogP contribution in [-0.2, 0) is 9.53 Å². The van der Waals surface area contributed by atoms with Gasteiger partial charge < -0.3 is 14.9 Å². The largest absolute Gasteiger partial charge is 0.481 e. The number of unbranched alkanes of at least 4 members (excludes halogenated alkanes) is 1. The Morgan fingerprint density at radius 1 is 1.47 bits per heavy atom. The van der Waals surface area contributed by atoms with Gasteiger partial charge >= 0.3 is 5.97 Å². The first-order valence-corrected chi connectivity index (χ1v) is 6.16. The molecule has 0 radical (unpaired) electrons. The van der Waals surface area contributed by atoms with Crippen molar-refractivity contribution in [3.63, 3.8) is 0 Å². The zero-order valence-electron chi connectivity index (χ0n) is 10.7.